The molecule has 0 saturated heterocycles. The Hall–Kier alpha value is -0.730. The number of aromatic nitrogens is 1. The molecule has 0 aliphatic rings. The number of carboxylic acid groups (broad SMARTS) is 1. The molecule has 0 radical (unpaired) electrons. The van der Waals surface area contributed by atoms with Crippen LogP contribution in [0.2, 0.25) is 0 Å². The van der Waals surface area contributed by atoms with Gasteiger partial charge in [0.2, 0.25) is 0 Å². The number of rotatable bonds is 9. The number of carbonyl (C=O) groups excluding carboxylic acids is 1. The van der Waals surface area contributed by atoms with Crippen LogP contribution in [0.3, 0.4) is 0 Å². The number of nitrogens with zero attached hydrogens (tertiary/aromatic N) is 1. The predicted octanol–water partition coefficient (Wildman–Crippen LogP) is 2.85. The van der Waals surface area contributed by atoms with Crippen molar-refractivity contribution in [1.29, 1.82) is 0 Å². The Morgan fingerprint density at radius 2 is 2.10 bits per heavy atom. The minimum atomic E-state index is -0.781. The summed E-state index contributed by atoms with van der Waals surface area (Å²) >= 11 is 1.50. The van der Waals surface area contributed by atoms with Crippen molar-refractivity contribution in [3.8, 4) is 0 Å². The van der Waals surface area contributed by atoms with Crippen LogP contribution >= 0.6 is 32.9 Å². The average molecular weight is 334 g/mol. The number of thiazole rings is 1. The second-order valence-electron chi connectivity index (χ2n) is 4.26. The Labute approximate surface area is 130 Å². The van der Waals surface area contributed by atoms with E-state index in [2.05, 4.69) is 10.3 Å². The summed E-state index contributed by atoms with van der Waals surface area (Å²) in [5.41, 5.74) is 2.22. The number of hydrogen-bond acceptors (Lipinski definition) is 6. The highest BCUT2D eigenvalue weighted by Crippen LogP contribution is 2.23. The molecule has 0 aliphatic carbocycles. The van der Waals surface area contributed by atoms with E-state index in [-0.39, 0.29) is 12.3 Å². The Bertz CT molecular complexity index is 449. The molecule has 0 aliphatic heterocycles. The summed E-state index contributed by atoms with van der Waals surface area (Å²) in [6, 6.07) is 0. The van der Waals surface area contributed by atoms with Crippen LogP contribution in [-0.4, -0.2) is 40.0 Å². The summed E-state index contributed by atoms with van der Waals surface area (Å²) in [5, 5.41) is 11.3. The van der Waals surface area contributed by atoms with Gasteiger partial charge in [-0.05, 0) is 5.92 Å². The minimum Gasteiger partial charge on any atom is -0.481 e. The molecule has 1 rings (SSSR count). The van der Waals surface area contributed by atoms with Crippen molar-refractivity contribution in [1.82, 2.24) is 10.3 Å². The molecule has 2 N–H and O–H groups in total. The van der Waals surface area contributed by atoms with Gasteiger partial charge in [-0.25, -0.2) is 4.98 Å². The Balaban J connectivity index is 2.20. The Kier molecular flexibility index (Phi) is 8.01. The van der Waals surface area contributed by atoms with Gasteiger partial charge in [-0.2, -0.15) is 0 Å². The first kappa shape index (κ1) is 17.3. The van der Waals surface area contributed by atoms with Crippen LogP contribution in [0, 0.1) is 0 Å². The maximum atomic E-state index is 11.9. The summed E-state index contributed by atoms with van der Waals surface area (Å²) in [6.07, 6.45) is 0.167. The molecule has 1 aromatic rings. The molecule has 1 aromatic heterocycles. The summed E-state index contributed by atoms with van der Waals surface area (Å²) in [6.45, 7) is 4.64. The van der Waals surface area contributed by atoms with E-state index in [0.29, 0.717) is 23.9 Å². The fourth-order valence-corrected chi connectivity index (χ4v) is 4.06. The fourth-order valence-electron chi connectivity index (χ4n) is 1.37. The molecule has 20 heavy (non-hydrogen) atoms. The summed E-state index contributed by atoms with van der Waals surface area (Å²) in [7, 11) is 3.08. The second-order valence-corrected chi connectivity index (χ2v) is 7.85. The number of hydrogen-bond donors (Lipinski definition) is 2. The molecule has 0 fully saturated rings. The molecule has 8 heteroatoms. The van der Waals surface area contributed by atoms with Crippen molar-refractivity contribution in [3.05, 3.63) is 16.1 Å². The van der Waals surface area contributed by atoms with Gasteiger partial charge in [-0.15, -0.1) is 11.3 Å². The first-order valence-electron chi connectivity index (χ1n) is 6.20. The molecular weight excluding hydrogens is 316 g/mol. The summed E-state index contributed by atoms with van der Waals surface area (Å²) < 4.78 is 0. The van der Waals surface area contributed by atoms with E-state index in [1.54, 1.807) is 16.3 Å². The predicted molar refractivity (Wildman–Crippen MR) is 85.7 cm³/mol. The third-order valence-electron chi connectivity index (χ3n) is 2.29. The lowest BCUT2D eigenvalue weighted by atomic mass is 10.1. The van der Waals surface area contributed by atoms with Crippen LogP contribution in [0.25, 0.3) is 0 Å². The second kappa shape index (κ2) is 9.25. The Morgan fingerprint density at radius 1 is 1.40 bits per heavy atom. The van der Waals surface area contributed by atoms with E-state index in [0.717, 1.165) is 10.6 Å². The van der Waals surface area contributed by atoms with E-state index in [1.807, 2.05) is 13.8 Å². The minimum absolute atomic E-state index is 0.133. The SMILES string of the molecule is CC(C)c1scnc1C(=O)NCCSSCCC(=O)O. The standard InChI is InChI=1S/C12H18N2O3S3/c1-8(2)11-10(14-7-18-11)12(17)13-4-6-20-19-5-3-9(15)16/h7-8H,3-6H2,1-2H3,(H,13,17)(H,15,16). The molecule has 0 unspecified atom stereocenters. The van der Waals surface area contributed by atoms with Crippen LogP contribution in [0.4, 0.5) is 0 Å². The maximum absolute atomic E-state index is 11.9. The summed E-state index contributed by atoms with van der Waals surface area (Å²) in [4.78, 5) is 27.4. The zero-order chi connectivity index (χ0) is 15.0. The number of carbonyl (C=O) groups is 2. The van der Waals surface area contributed by atoms with Crippen molar-refractivity contribution in [3.63, 3.8) is 0 Å². The molecule has 0 bridgehead atoms. The van der Waals surface area contributed by atoms with Crippen LogP contribution in [0.5, 0.6) is 0 Å². The van der Waals surface area contributed by atoms with Crippen molar-refractivity contribution in [2.24, 2.45) is 0 Å². The fraction of sp³-hybridized carbons (Fsp3) is 0.583. The largest absolute Gasteiger partial charge is 0.481 e. The molecule has 0 aromatic carbocycles. The molecule has 5 nitrogen and oxygen atoms in total. The van der Waals surface area contributed by atoms with Gasteiger partial charge in [0.25, 0.3) is 5.91 Å². The van der Waals surface area contributed by atoms with Gasteiger partial charge >= 0.3 is 5.97 Å². The molecule has 0 saturated carbocycles. The zero-order valence-corrected chi connectivity index (χ0v) is 13.9. The van der Waals surface area contributed by atoms with Gasteiger partial charge in [-0.3, -0.25) is 9.59 Å². The van der Waals surface area contributed by atoms with E-state index in [1.165, 1.54) is 22.1 Å². The summed E-state index contributed by atoms with van der Waals surface area (Å²) in [5.74, 6) is 0.709. The van der Waals surface area contributed by atoms with Crippen molar-refractivity contribution in [2.75, 3.05) is 18.1 Å². The van der Waals surface area contributed by atoms with Gasteiger partial charge in [-0.1, -0.05) is 35.4 Å². The lowest BCUT2D eigenvalue weighted by Crippen LogP contribution is -2.26. The molecule has 0 spiro atoms. The lowest BCUT2D eigenvalue weighted by molar-refractivity contribution is -0.136. The molecule has 1 amide bonds. The first-order chi connectivity index (χ1) is 9.52. The van der Waals surface area contributed by atoms with Crippen LogP contribution in [-0.2, 0) is 4.79 Å². The highest BCUT2D eigenvalue weighted by Gasteiger charge is 2.16. The van der Waals surface area contributed by atoms with E-state index >= 15 is 0 Å². The molecule has 1 heterocycles. The van der Waals surface area contributed by atoms with Gasteiger partial charge in [0.05, 0.1) is 11.9 Å². The molecule has 112 valence electrons. The van der Waals surface area contributed by atoms with Crippen LogP contribution in [0.15, 0.2) is 5.51 Å². The monoisotopic (exact) mass is 334 g/mol. The van der Waals surface area contributed by atoms with Crippen LogP contribution in [0.1, 0.15) is 41.6 Å². The number of carboxylic acids is 1. The third kappa shape index (κ3) is 6.15. The van der Waals surface area contributed by atoms with Crippen molar-refractivity contribution < 1.29 is 14.7 Å². The van der Waals surface area contributed by atoms with E-state index < -0.39 is 5.97 Å². The van der Waals surface area contributed by atoms with Gasteiger partial charge in [0, 0.05) is 22.9 Å². The molecule has 0 atom stereocenters. The smallest absolute Gasteiger partial charge is 0.304 e. The zero-order valence-electron chi connectivity index (χ0n) is 11.4. The van der Waals surface area contributed by atoms with Gasteiger partial charge in [0.15, 0.2) is 0 Å². The average Bonchev–Trinajstić information content (AvgIpc) is 2.86. The topological polar surface area (TPSA) is 79.3 Å². The number of nitrogens with one attached hydrogen (secondary N) is 1. The quantitative estimate of drug-likeness (QED) is 0.534. The highest BCUT2D eigenvalue weighted by molar-refractivity contribution is 8.76. The number of amides is 1. The number of aliphatic carboxylic acids is 1. The van der Waals surface area contributed by atoms with Gasteiger partial charge < -0.3 is 10.4 Å². The normalized spacial score (nSPS) is 10.8. The van der Waals surface area contributed by atoms with Gasteiger partial charge in [0.1, 0.15) is 5.69 Å². The van der Waals surface area contributed by atoms with Crippen LogP contribution < -0.4 is 5.32 Å². The highest BCUT2D eigenvalue weighted by atomic mass is 33.1. The lowest BCUT2D eigenvalue weighted by Gasteiger charge is -2.06. The third-order valence-corrected chi connectivity index (χ3v) is 5.83. The van der Waals surface area contributed by atoms with E-state index in [9.17, 15) is 9.59 Å². The van der Waals surface area contributed by atoms with E-state index in [4.69, 9.17) is 5.11 Å². The van der Waals surface area contributed by atoms with Crippen molar-refractivity contribution >= 4 is 44.8 Å². The first-order valence-corrected chi connectivity index (χ1v) is 9.57. The van der Waals surface area contributed by atoms with Crippen molar-refractivity contribution in [2.45, 2.75) is 26.2 Å². The Morgan fingerprint density at radius 3 is 2.75 bits per heavy atom. The maximum Gasteiger partial charge on any atom is 0.304 e. The molecular formula is C12H18N2O3S3.